The molecule has 0 bridgehead atoms. The summed E-state index contributed by atoms with van der Waals surface area (Å²) in [6.45, 7) is 1.38. The van der Waals surface area contributed by atoms with Gasteiger partial charge in [-0.1, -0.05) is 11.6 Å². The van der Waals surface area contributed by atoms with Gasteiger partial charge in [-0.05, 0) is 18.2 Å². The van der Waals surface area contributed by atoms with Gasteiger partial charge >= 0.3 is 0 Å². The van der Waals surface area contributed by atoms with Gasteiger partial charge in [0, 0.05) is 11.9 Å². The van der Waals surface area contributed by atoms with Crippen LogP contribution < -0.4 is 0 Å². The summed E-state index contributed by atoms with van der Waals surface area (Å²) in [4.78, 5) is 11.1. The second-order valence-electron chi connectivity index (χ2n) is 2.92. The number of aromatic nitrogens is 2. The van der Waals surface area contributed by atoms with Gasteiger partial charge in [-0.25, -0.2) is 0 Å². The fourth-order valence-electron chi connectivity index (χ4n) is 1.31. The smallest absolute Gasteiger partial charge is 0.244 e. The van der Waals surface area contributed by atoms with Crippen LogP contribution in [0.4, 0.5) is 0 Å². The van der Waals surface area contributed by atoms with E-state index in [1.165, 1.54) is 6.92 Å². The van der Waals surface area contributed by atoms with E-state index in [4.69, 9.17) is 11.6 Å². The number of carbonyl (C=O) groups is 1. The fraction of sp³-hybridized carbons (Fsp3) is 0.111. The quantitative estimate of drug-likeness (QED) is 0.724. The molecule has 0 spiro atoms. The molecular formula is C9H7ClN2O2. The minimum Gasteiger partial charge on any atom is -0.492 e. The Morgan fingerprint density at radius 1 is 1.57 bits per heavy atom. The van der Waals surface area contributed by atoms with Crippen LogP contribution in [0.5, 0.6) is 5.88 Å². The average molecular weight is 211 g/mol. The molecular weight excluding hydrogens is 204 g/mol. The van der Waals surface area contributed by atoms with Crippen LogP contribution in [0, 0.1) is 0 Å². The molecule has 4 nitrogen and oxygen atoms in total. The zero-order chi connectivity index (χ0) is 10.3. The Bertz CT molecular complexity index is 519. The molecule has 0 aliphatic rings. The zero-order valence-corrected chi connectivity index (χ0v) is 8.12. The standard InChI is InChI=1S/C9H7ClN2O2/c1-5(13)12-8-3-2-6(10)4-7(8)9(14)11-12/h2-4H,1H3,(H,11,14). The number of rotatable bonds is 0. The van der Waals surface area contributed by atoms with Crippen molar-refractivity contribution in [3.8, 4) is 5.88 Å². The summed E-state index contributed by atoms with van der Waals surface area (Å²) in [6, 6.07) is 4.86. The lowest BCUT2D eigenvalue weighted by Crippen LogP contribution is -2.06. The third-order valence-electron chi connectivity index (χ3n) is 1.92. The molecule has 0 amide bonds. The monoisotopic (exact) mass is 210 g/mol. The largest absolute Gasteiger partial charge is 0.492 e. The van der Waals surface area contributed by atoms with E-state index in [9.17, 15) is 9.90 Å². The summed E-state index contributed by atoms with van der Waals surface area (Å²) >= 11 is 5.75. The maximum absolute atomic E-state index is 11.1. The molecule has 0 saturated heterocycles. The Balaban J connectivity index is 2.84. The molecule has 0 atom stereocenters. The lowest BCUT2D eigenvalue weighted by molar-refractivity contribution is 0.0925. The van der Waals surface area contributed by atoms with E-state index in [2.05, 4.69) is 5.10 Å². The Morgan fingerprint density at radius 2 is 2.29 bits per heavy atom. The molecule has 14 heavy (non-hydrogen) atoms. The Kier molecular flexibility index (Phi) is 1.93. The van der Waals surface area contributed by atoms with E-state index in [0.717, 1.165) is 4.68 Å². The highest BCUT2D eigenvalue weighted by atomic mass is 35.5. The third-order valence-corrected chi connectivity index (χ3v) is 2.16. The van der Waals surface area contributed by atoms with Gasteiger partial charge in [0.15, 0.2) is 0 Å². The first-order valence-corrected chi connectivity index (χ1v) is 4.35. The van der Waals surface area contributed by atoms with Crippen LogP contribution in [-0.2, 0) is 0 Å². The lowest BCUT2D eigenvalue weighted by atomic mass is 10.2. The maximum Gasteiger partial charge on any atom is 0.244 e. The summed E-state index contributed by atoms with van der Waals surface area (Å²) in [5.74, 6) is -0.435. The minimum atomic E-state index is -0.252. The molecule has 0 unspecified atom stereocenters. The average Bonchev–Trinajstić information content (AvgIpc) is 2.44. The second-order valence-corrected chi connectivity index (χ2v) is 3.35. The SMILES string of the molecule is CC(=O)n1nc(O)c2cc(Cl)ccc21. The van der Waals surface area contributed by atoms with Crippen LogP contribution in [0.3, 0.4) is 0 Å². The lowest BCUT2D eigenvalue weighted by Gasteiger charge is -1.95. The van der Waals surface area contributed by atoms with E-state index in [0.29, 0.717) is 15.9 Å². The van der Waals surface area contributed by atoms with E-state index in [1.807, 2.05) is 0 Å². The molecule has 0 radical (unpaired) electrons. The normalized spacial score (nSPS) is 10.7. The number of nitrogens with zero attached hydrogens (tertiary/aromatic N) is 2. The summed E-state index contributed by atoms with van der Waals surface area (Å²) in [6.07, 6.45) is 0. The van der Waals surface area contributed by atoms with Crippen molar-refractivity contribution >= 4 is 28.4 Å². The van der Waals surface area contributed by atoms with Crippen molar-refractivity contribution in [2.75, 3.05) is 0 Å². The van der Waals surface area contributed by atoms with Crippen molar-refractivity contribution < 1.29 is 9.90 Å². The van der Waals surface area contributed by atoms with Gasteiger partial charge in [0.2, 0.25) is 11.8 Å². The Labute approximate surface area is 84.7 Å². The third kappa shape index (κ3) is 1.24. The molecule has 5 heteroatoms. The van der Waals surface area contributed by atoms with Gasteiger partial charge in [0.1, 0.15) is 0 Å². The van der Waals surface area contributed by atoms with Crippen LogP contribution in [-0.4, -0.2) is 20.8 Å². The van der Waals surface area contributed by atoms with E-state index < -0.39 is 0 Å². The first-order chi connectivity index (χ1) is 6.59. The summed E-state index contributed by atoms with van der Waals surface area (Å²) in [5.41, 5.74) is 0.555. The van der Waals surface area contributed by atoms with Crippen molar-refractivity contribution in [2.24, 2.45) is 0 Å². The molecule has 1 aromatic heterocycles. The van der Waals surface area contributed by atoms with E-state index >= 15 is 0 Å². The molecule has 1 N–H and O–H groups in total. The van der Waals surface area contributed by atoms with Crippen LogP contribution in [0.25, 0.3) is 10.9 Å². The molecule has 1 heterocycles. The van der Waals surface area contributed by atoms with Crippen LogP contribution >= 0.6 is 11.6 Å². The van der Waals surface area contributed by atoms with Crippen molar-refractivity contribution in [1.29, 1.82) is 0 Å². The summed E-state index contributed by atoms with van der Waals surface area (Å²) in [7, 11) is 0. The molecule has 0 aliphatic carbocycles. The summed E-state index contributed by atoms with van der Waals surface area (Å²) in [5, 5.41) is 14.1. The van der Waals surface area contributed by atoms with Crippen LogP contribution in [0.2, 0.25) is 5.02 Å². The van der Waals surface area contributed by atoms with Crippen LogP contribution in [0.15, 0.2) is 18.2 Å². The number of hydrogen-bond donors (Lipinski definition) is 1. The van der Waals surface area contributed by atoms with Crippen molar-refractivity contribution in [3.05, 3.63) is 23.2 Å². The number of carbonyl (C=O) groups excluding carboxylic acids is 1. The predicted octanol–water partition coefficient (Wildman–Crippen LogP) is 2.06. The maximum atomic E-state index is 11.1. The molecule has 0 saturated carbocycles. The highest BCUT2D eigenvalue weighted by molar-refractivity contribution is 6.31. The Morgan fingerprint density at radius 3 is 2.93 bits per heavy atom. The van der Waals surface area contributed by atoms with Crippen molar-refractivity contribution in [3.63, 3.8) is 0 Å². The predicted molar refractivity (Wildman–Crippen MR) is 52.7 cm³/mol. The first kappa shape index (κ1) is 9.02. The van der Waals surface area contributed by atoms with Gasteiger partial charge in [0.25, 0.3) is 0 Å². The molecule has 2 rings (SSSR count). The number of benzene rings is 1. The molecule has 2 aromatic rings. The zero-order valence-electron chi connectivity index (χ0n) is 7.36. The van der Waals surface area contributed by atoms with Gasteiger partial charge in [-0.2, -0.15) is 4.68 Å². The van der Waals surface area contributed by atoms with E-state index in [1.54, 1.807) is 18.2 Å². The molecule has 0 aliphatic heterocycles. The van der Waals surface area contributed by atoms with Crippen molar-refractivity contribution in [1.82, 2.24) is 9.78 Å². The topological polar surface area (TPSA) is 55.1 Å². The van der Waals surface area contributed by atoms with Gasteiger partial charge in [-0.3, -0.25) is 4.79 Å². The number of fused-ring (bicyclic) bond motifs is 1. The highest BCUT2D eigenvalue weighted by Crippen LogP contribution is 2.26. The first-order valence-electron chi connectivity index (χ1n) is 3.98. The van der Waals surface area contributed by atoms with Gasteiger partial charge in [0.05, 0.1) is 10.9 Å². The molecule has 1 aromatic carbocycles. The van der Waals surface area contributed by atoms with E-state index in [-0.39, 0.29) is 11.8 Å². The highest BCUT2D eigenvalue weighted by Gasteiger charge is 2.11. The molecule has 72 valence electrons. The molecule has 0 fully saturated rings. The van der Waals surface area contributed by atoms with Gasteiger partial charge < -0.3 is 5.11 Å². The van der Waals surface area contributed by atoms with Crippen LogP contribution in [0.1, 0.15) is 11.7 Å². The Hall–Kier alpha value is -1.55. The van der Waals surface area contributed by atoms with Crippen molar-refractivity contribution in [2.45, 2.75) is 6.92 Å². The number of hydrogen-bond acceptors (Lipinski definition) is 3. The second kappa shape index (κ2) is 2.99. The number of halogens is 1. The number of aromatic hydroxyl groups is 1. The van der Waals surface area contributed by atoms with Gasteiger partial charge in [-0.15, -0.1) is 5.10 Å². The fourth-order valence-corrected chi connectivity index (χ4v) is 1.49. The summed E-state index contributed by atoms with van der Waals surface area (Å²) < 4.78 is 1.14. The minimum absolute atomic E-state index is 0.183.